The van der Waals surface area contributed by atoms with Gasteiger partial charge < -0.3 is 34.6 Å². The zero-order chi connectivity index (χ0) is 32.6. The first-order valence-electron chi connectivity index (χ1n) is 14.8. The summed E-state index contributed by atoms with van der Waals surface area (Å²) in [5.74, 6) is -1.89. The highest BCUT2D eigenvalue weighted by molar-refractivity contribution is 8.03. The molecule has 0 bridgehead atoms. The van der Waals surface area contributed by atoms with E-state index in [4.69, 9.17) is 9.47 Å². The monoisotopic (exact) mass is 643 g/mol. The molecule has 1 aromatic rings. The van der Waals surface area contributed by atoms with Crippen LogP contribution >= 0.6 is 11.8 Å². The summed E-state index contributed by atoms with van der Waals surface area (Å²) in [7, 11) is 0. The molecule has 0 radical (unpaired) electrons. The summed E-state index contributed by atoms with van der Waals surface area (Å²) in [4.78, 5) is 68.0. The number of aliphatic hydroxyl groups is 1. The number of carbonyl (C=O) groups excluding carboxylic acids is 4. The third kappa shape index (κ3) is 6.36. The summed E-state index contributed by atoms with van der Waals surface area (Å²) in [6, 6.07) is 4.69. The number of β-lactam (4-membered cyclic amide) rings is 1. The molecule has 4 aliphatic rings. The molecular formula is C30H37N5O9S. The van der Waals surface area contributed by atoms with Crippen molar-refractivity contribution in [3.8, 4) is 0 Å². The maximum Gasteiger partial charge on any atom is 0.410 e. The van der Waals surface area contributed by atoms with Gasteiger partial charge in [-0.05, 0) is 38.0 Å². The van der Waals surface area contributed by atoms with Gasteiger partial charge in [0, 0.05) is 53.9 Å². The zero-order valence-electron chi connectivity index (χ0n) is 25.3. The molecule has 5 rings (SSSR count). The molecule has 242 valence electrons. The molecule has 7 atom stereocenters. The normalized spacial score (nSPS) is 28.0. The van der Waals surface area contributed by atoms with Crippen molar-refractivity contribution < 1.29 is 38.7 Å². The molecular weight excluding hydrogens is 606 g/mol. The van der Waals surface area contributed by atoms with Gasteiger partial charge in [-0.1, -0.05) is 19.6 Å². The van der Waals surface area contributed by atoms with Crippen LogP contribution in [0.2, 0.25) is 0 Å². The molecule has 4 amide bonds. The minimum absolute atomic E-state index is 0.0304. The summed E-state index contributed by atoms with van der Waals surface area (Å²) < 4.78 is 11.0. The van der Waals surface area contributed by atoms with Gasteiger partial charge in [-0.25, -0.2) is 14.4 Å². The predicted octanol–water partition coefficient (Wildman–Crippen LogP) is 2.62. The summed E-state index contributed by atoms with van der Waals surface area (Å²) >= 11 is 1.40. The minimum Gasteiger partial charge on any atom is -0.457 e. The quantitative estimate of drug-likeness (QED) is 0.120. The number of hydrogen-bond donors (Lipinski definition) is 2. The first kappa shape index (κ1) is 32.3. The van der Waals surface area contributed by atoms with E-state index in [9.17, 15) is 34.4 Å². The number of aliphatic hydroxyl groups excluding tert-OH is 1. The Labute approximate surface area is 264 Å². The van der Waals surface area contributed by atoms with Crippen molar-refractivity contribution in [1.29, 1.82) is 0 Å². The van der Waals surface area contributed by atoms with E-state index in [0.717, 1.165) is 0 Å². The molecule has 14 nitrogen and oxygen atoms in total. The molecule has 1 aromatic carbocycles. The van der Waals surface area contributed by atoms with Crippen molar-refractivity contribution in [3.63, 3.8) is 0 Å². The Morgan fingerprint density at radius 2 is 1.93 bits per heavy atom. The largest absolute Gasteiger partial charge is 0.457 e. The molecule has 4 heterocycles. The van der Waals surface area contributed by atoms with Gasteiger partial charge in [0.2, 0.25) is 5.91 Å². The lowest BCUT2D eigenvalue weighted by molar-refractivity contribution is -0.384. The fourth-order valence-corrected chi connectivity index (χ4v) is 8.08. The Balaban J connectivity index is 1.35. The van der Waals surface area contributed by atoms with Crippen LogP contribution in [-0.2, 0) is 25.7 Å². The number of fused-ring (bicyclic) bond motifs is 1. The van der Waals surface area contributed by atoms with E-state index in [1.165, 1.54) is 47.0 Å². The van der Waals surface area contributed by atoms with Crippen LogP contribution in [0.25, 0.3) is 0 Å². The Bertz CT molecular complexity index is 1420. The van der Waals surface area contributed by atoms with Gasteiger partial charge in [0.15, 0.2) is 0 Å². The third-order valence-corrected chi connectivity index (χ3v) is 10.1. The molecule has 2 N–H and O–H groups in total. The smallest absolute Gasteiger partial charge is 0.410 e. The lowest BCUT2D eigenvalue weighted by atomic mass is 9.79. The van der Waals surface area contributed by atoms with Gasteiger partial charge in [-0.3, -0.25) is 14.9 Å². The van der Waals surface area contributed by atoms with Gasteiger partial charge >= 0.3 is 18.1 Å². The van der Waals surface area contributed by atoms with Gasteiger partial charge in [-0.2, -0.15) is 0 Å². The number of thioether (sulfide) groups is 1. The average molecular weight is 644 g/mol. The molecule has 0 saturated carbocycles. The van der Waals surface area contributed by atoms with Crippen LogP contribution in [0.1, 0.15) is 32.8 Å². The molecule has 0 spiro atoms. The molecule has 3 fully saturated rings. The van der Waals surface area contributed by atoms with E-state index in [1.807, 2.05) is 13.8 Å². The van der Waals surface area contributed by atoms with Crippen LogP contribution in [-0.4, -0.2) is 104 Å². The van der Waals surface area contributed by atoms with Crippen molar-refractivity contribution in [3.05, 3.63) is 63.2 Å². The average Bonchev–Trinajstić information content (AvgIpc) is 3.62. The standard InChI is InChI=1S/C30H37N5O9S/c1-5-10-43-28(38)25-26(17(3)24-23(18(4)36)27(37)34(24)25)45-22-11-21(13-32-12-16(2)31-29(32)39)33(14-22)30(40)44-15-19-6-8-20(9-7-19)35(41)42/h5-9,16-18,21-24,36H,1,10-15H2,2-4H3,(H,31,39)/t16?,17-,18-,21+,22+,23-,24-/m1/s1. The fourth-order valence-electron chi connectivity index (χ4n) is 6.52. The number of nitrogens with zero attached hydrogens (tertiary/aromatic N) is 4. The van der Waals surface area contributed by atoms with Crippen LogP contribution in [0, 0.1) is 22.0 Å². The summed E-state index contributed by atoms with van der Waals surface area (Å²) in [5.41, 5.74) is 0.666. The number of rotatable bonds is 11. The molecule has 3 saturated heterocycles. The van der Waals surface area contributed by atoms with E-state index in [2.05, 4.69) is 11.9 Å². The first-order chi connectivity index (χ1) is 21.4. The number of nitro groups is 1. The van der Waals surface area contributed by atoms with E-state index in [1.54, 1.807) is 16.7 Å². The van der Waals surface area contributed by atoms with Crippen LogP contribution in [0.5, 0.6) is 0 Å². The maximum atomic E-state index is 13.4. The number of nitro benzene ring substituents is 1. The number of amides is 4. The Hall–Kier alpha value is -4.11. The highest BCUT2D eigenvalue weighted by Crippen LogP contribution is 2.52. The maximum absolute atomic E-state index is 13.4. The Kier molecular flexibility index (Phi) is 9.39. The topological polar surface area (TPSA) is 172 Å². The summed E-state index contributed by atoms with van der Waals surface area (Å²) in [5, 5.41) is 23.9. The fraction of sp³-hybridized carbons (Fsp3) is 0.533. The van der Waals surface area contributed by atoms with Gasteiger partial charge in [0.1, 0.15) is 18.9 Å². The number of carbonyl (C=O) groups is 4. The second-order valence-corrected chi connectivity index (χ2v) is 13.2. The number of likely N-dealkylation sites (tertiary alicyclic amines) is 1. The molecule has 15 heteroatoms. The lowest BCUT2D eigenvalue weighted by Crippen LogP contribution is -2.63. The highest BCUT2D eigenvalue weighted by Gasteiger charge is 2.60. The summed E-state index contributed by atoms with van der Waals surface area (Å²) in [6.45, 7) is 9.84. The van der Waals surface area contributed by atoms with Crippen molar-refractivity contribution >= 4 is 41.5 Å². The number of esters is 1. The van der Waals surface area contributed by atoms with Crippen molar-refractivity contribution in [2.75, 3.05) is 26.2 Å². The molecule has 4 aliphatic heterocycles. The number of non-ortho nitro benzene ring substituents is 1. The third-order valence-electron chi connectivity index (χ3n) is 8.63. The van der Waals surface area contributed by atoms with Crippen molar-refractivity contribution in [2.24, 2.45) is 11.8 Å². The van der Waals surface area contributed by atoms with Crippen LogP contribution in [0.15, 0.2) is 47.5 Å². The Morgan fingerprint density at radius 1 is 1.22 bits per heavy atom. The van der Waals surface area contributed by atoms with Crippen LogP contribution < -0.4 is 5.32 Å². The lowest BCUT2D eigenvalue weighted by Gasteiger charge is -2.46. The molecule has 45 heavy (non-hydrogen) atoms. The number of hydrogen-bond acceptors (Lipinski definition) is 10. The SMILES string of the molecule is C=CCOC(=O)C1=C(S[C@H]2C[C@@H](CN3CC(C)NC3=O)N(C(=O)OCc3ccc([N+](=O)[O-])cc3)C2)[C@H](C)[C@@H]2[C@@H]([C@@H](C)O)C(=O)N12. The zero-order valence-corrected chi connectivity index (χ0v) is 26.1. The van der Waals surface area contributed by atoms with Crippen LogP contribution in [0.4, 0.5) is 15.3 Å². The number of nitrogens with one attached hydrogen (secondary N) is 1. The van der Waals surface area contributed by atoms with E-state index in [-0.39, 0.29) is 78.9 Å². The predicted molar refractivity (Wildman–Crippen MR) is 162 cm³/mol. The van der Waals surface area contributed by atoms with Crippen molar-refractivity contribution in [2.45, 2.75) is 63.3 Å². The summed E-state index contributed by atoms with van der Waals surface area (Å²) in [6.07, 6.45) is 0.441. The van der Waals surface area contributed by atoms with Crippen LogP contribution in [0.3, 0.4) is 0 Å². The first-order valence-corrected chi connectivity index (χ1v) is 15.7. The van der Waals surface area contributed by atoms with E-state index < -0.39 is 29.0 Å². The second-order valence-electron chi connectivity index (χ2n) is 11.9. The number of benzene rings is 1. The highest BCUT2D eigenvalue weighted by atomic mass is 32.2. The Morgan fingerprint density at radius 3 is 2.53 bits per heavy atom. The second kappa shape index (κ2) is 13.1. The van der Waals surface area contributed by atoms with Gasteiger partial charge in [0.05, 0.1) is 29.0 Å². The van der Waals surface area contributed by atoms with Gasteiger partial charge in [-0.15, -0.1) is 11.8 Å². The van der Waals surface area contributed by atoms with E-state index in [0.29, 0.717) is 23.4 Å². The number of ether oxygens (including phenoxy) is 2. The number of urea groups is 1. The molecule has 1 unspecified atom stereocenters. The molecule has 0 aromatic heterocycles. The minimum atomic E-state index is -0.887. The van der Waals surface area contributed by atoms with E-state index >= 15 is 0 Å². The van der Waals surface area contributed by atoms with Gasteiger partial charge in [0.25, 0.3) is 5.69 Å². The van der Waals surface area contributed by atoms with Crippen molar-refractivity contribution in [1.82, 2.24) is 20.0 Å². The molecule has 0 aliphatic carbocycles.